The second-order valence-corrected chi connectivity index (χ2v) is 6.89. The molecule has 2 saturated carbocycles. The predicted octanol–water partition coefficient (Wildman–Crippen LogP) is 3.42. The van der Waals surface area contributed by atoms with Gasteiger partial charge in [-0.2, -0.15) is 0 Å². The Kier molecular flexibility index (Phi) is 5.08. The molecule has 2 aliphatic rings. The third kappa shape index (κ3) is 3.27. The molecule has 2 heteroatoms. The molecule has 0 aliphatic heterocycles. The number of likely N-dealkylation sites (N-methyl/N-ethyl adjacent to an activating group) is 1. The van der Waals surface area contributed by atoms with Crippen molar-refractivity contribution in [2.75, 3.05) is 20.6 Å². The summed E-state index contributed by atoms with van der Waals surface area (Å²) in [6.07, 6.45) is 12.9. The van der Waals surface area contributed by atoms with Crippen molar-refractivity contribution in [1.82, 2.24) is 10.2 Å². The van der Waals surface area contributed by atoms with Crippen molar-refractivity contribution in [3.8, 4) is 0 Å². The van der Waals surface area contributed by atoms with Crippen LogP contribution in [0.15, 0.2) is 0 Å². The summed E-state index contributed by atoms with van der Waals surface area (Å²) >= 11 is 0. The lowest BCUT2D eigenvalue weighted by Crippen LogP contribution is -2.52. The van der Waals surface area contributed by atoms with Gasteiger partial charge in [-0.15, -0.1) is 0 Å². The van der Waals surface area contributed by atoms with Gasteiger partial charge in [-0.1, -0.05) is 32.1 Å². The molecule has 0 spiro atoms. The van der Waals surface area contributed by atoms with Gasteiger partial charge in [0.15, 0.2) is 0 Å². The number of hydrogen-bond donors (Lipinski definition) is 1. The predicted molar refractivity (Wildman–Crippen MR) is 78.9 cm³/mol. The molecule has 1 N–H and O–H groups in total. The average molecular weight is 252 g/mol. The molecule has 0 radical (unpaired) electrons. The van der Waals surface area contributed by atoms with E-state index < -0.39 is 0 Å². The lowest BCUT2D eigenvalue weighted by atomic mass is 9.84. The van der Waals surface area contributed by atoms with E-state index in [0.717, 1.165) is 5.92 Å². The van der Waals surface area contributed by atoms with E-state index >= 15 is 0 Å². The molecule has 0 saturated heterocycles. The van der Waals surface area contributed by atoms with Crippen molar-refractivity contribution in [3.05, 3.63) is 0 Å². The van der Waals surface area contributed by atoms with E-state index in [2.05, 4.69) is 31.2 Å². The molecular formula is C16H32N2. The highest BCUT2D eigenvalue weighted by atomic mass is 15.2. The Morgan fingerprint density at radius 1 is 1.06 bits per heavy atom. The quantitative estimate of drug-likeness (QED) is 0.806. The maximum atomic E-state index is 3.87. The van der Waals surface area contributed by atoms with Crippen LogP contribution in [0.4, 0.5) is 0 Å². The lowest BCUT2D eigenvalue weighted by molar-refractivity contribution is 0.141. The van der Waals surface area contributed by atoms with Gasteiger partial charge in [0.05, 0.1) is 0 Å². The van der Waals surface area contributed by atoms with Crippen LogP contribution < -0.4 is 5.32 Å². The Hall–Kier alpha value is -0.0800. The first-order chi connectivity index (χ1) is 8.64. The Morgan fingerprint density at radius 2 is 1.67 bits per heavy atom. The van der Waals surface area contributed by atoms with Crippen LogP contribution in [-0.2, 0) is 0 Å². The van der Waals surface area contributed by atoms with Crippen LogP contribution in [0.3, 0.4) is 0 Å². The fourth-order valence-electron chi connectivity index (χ4n) is 3.97. The van der Waals surface area contributed by atoms with Gasteiger partial charge in [0.1, 0.15) is 0 Å². The number of rotatable bonds is 5. The molecule has 2 nitrogen and oxygen atoms in total. The van der Waals surface area contributed by atoms with E-state index in [-0.39, 0.29) is 0 Å². The maximum absolute atomic E-state index is 3.87. The van der Waals surface area contributed by atoms with E-state index in [1.807, 2.05) is 0 Å². The van der Waals surface area contributed by atoms with Crippen molar-refractivity contribution in [3.63, 3.8) is 0 Å². The van der Waals surface area contributed by atoms with Crippen molar-refractivity contribution in [2.45, 2.75) is 76.3 Å². The standard InChI is InChI=1S/C16H32N2/c1-14(15-9-5-4-6-10-15)17-13-16(18(2)3)11-7-8-12-16/h14-15,17H,4-13H2,1-3H3. The molecule has 106 valence electrons. The summed E-state index contributed by atoms with van der Waals surface area (Å²) in [6, 6.07) is 0.711. The Bertz CT molecular complexity index is 237. The Morgan fingerprint density at radius 3 is 2.22 bits per heavy atom. The molecule has 2 fully saturated rings. The topological polar surface area (TPSA) is 15.3 Å². The molecular weight excluding hydrogens is 220 g/mol. The largest absolute Gasteiger partial charge is 0.312 e. The zero-order valence-corrected chi connectivity index (χ0v) is 12.7. The monoisotopic (exact) mass is 252 g/mol. The van der Waals surface area contributed by atoms with Crippen LogP contribution in [0.1, 0.15) is 64.7 Å². The SMILES string of the molecule is CC(NCC1(N(C)C)CCCC1)C1CCCCC1. The van der Waals surface area contributed by atoms with Gasteiger partial charge in [-0.05, 0) is 52.6 Å². The first-order valence-electron chi connectivity index (χ1n) is 8.05. The normalized spacial score (nSPS) is 26.7. The zero-order chi connectivity index (χ0) is 13.0. The minimum atomic E-state index is 0.447. The van der Waals surface area contributed by atoms with Crippen molar-refractivity contribution in [1.29, 1.82) is 0 Å². The van der Waals surface area contributed by atoms with Crippen LogP contribution in [0.25, 0.3) is 0 Å². The van der Waals surface area contributed by atoms with E-state index in [1.165, 1.54) is 64.3 Å². The van der Waals surface area contributed by atoms with Gasteiger partial charge in [-0.3, -0.25) is 0 Å². The molecule has 0 aromatic rings. The van der Waals surface area contributed by atoms with E-state index in [1.54, 1.807) is 0 Å². The molecule has 2 rings (SSSR count). The Labute approximate surface area is 114 Å². The first kappa shape index (κ1) is 14.3. The van der Waals surface area contributed by atoms with Gasteiger partial charge in [0, 0.05) is 18.1 Å². The summed E-state index contributed by atoms with van der Waals surface area (Å²) in [4.78, 5) is 2.47. The van der Waals surface area contributed by atoms with Gasteiger partial charge >= 0.3 is 0 Å². The number of nitrogens with zero attached hydrogens (tertiary/aromatic N) is 1. The van der Waals surface area contributed by atoms with Crippen LogP contribution in [0.5, 0.6) is 0 Å². The summed E-state index contributed by atoms with van der Waals surface area (Å²) in [5.41, 5.74) is 0.447. The minimum absolute atomic E-state index is 0.447. The van der Waals surface area contributed by atoms with Gasteiger partial charge < -0.3 is 10.2 Å². The molecule has 0 bridgehead atoms. The highest BCUT2D eigenvalue weighted by Crippen LogP contribution is 2.34. The average Bonchev–Trinajstić information content (AvgIpc) is 2.87. The minimum Gasteiger partial charge on any atom is -0.312 e. The Balaban J connectivity index is 1.81. The van der Waals surface area contributed by atoms with Crippen LogP contribution >= 0.6 is 0 Å². The zero-order valence-electron chi connectivity index (χ0n) is 12.7. The second kappa shape index (κ2) is 6.38. The molecule has 2 aliphatic carbocycles. The summed E-state index contributed by atoms with van der Waals surface area (Å²) < 4.78 is 0. The van der Waals surface area contributed by atoms with Crippen molar-refractivity contribution < 1.29 is 0 Å². The summed E-state index contributed by atoms with van der Waals surface area (Å²) in [5, 5.41) is 3.87. The number of nitrogens with one attached hydrogen (secondary N) is 1. The summed E-state index contributed by atoms with van der Waals surface area (Å²) in [7, 11) is 4.52. The highest BCUT2D eigenvalue weighted by molar-refractivity contribution is 4.95. The molecule has 0 aromatic heterocycles. The van der Waals surface area contributed by atoms with E-state index in [4.69, 9.17) is 0 Å². The number of hydrogen-bond acceptors (Lipinski definition) is 2. The van der Waals surface area contributed by atoms with Crippen LogP contribution in [-0.4, -0.2) is 37.1 Å². The fraction of sp³-hybridized carbons (Fsp3) is 1.00. The van der Waals surface area contributed by atoms with Gasteiger partial charge in [0.2, 0.25) is 0 Å². The van der Waals surface area contributed by atoms with E-state index in [0.29, 0.717) is 11.6 Å². The lowest BCUT2D eigenvalue weighted by Gasteiger charge is -2.39. The second-order valence-electron chi connectivity index (χ2n) is 6.89. The third-order valence-corrected chi connectivity index (χ3v) is 5.59. The summed E-state index contributed by atoms with van der Waals surface area (Å²) in [5.74, 6) is 0.930. The van der Waals surface area contributed by atoms with Crippen LogP contribution in [0.2, 0.25) is 0 Å². The highest BCUT2D eigenvalue weighted by Gasteiger charge is 2.36. The van der Waals surface area contributed by atoms with Gasteiger partial charge in [0.25, 0.3) is 0 Å². The molecule has 0 heterocycles. The van der Waals surface area contributed by atoms with Gasteiger partial charge in [-0.25, -0.2) is 0 Å². The first-order valence-corrected chi connectivity index (χ1v) is 8.05. The molecule has 0 amide bonds. The molecule has 1 atom stereocenters. The smallest absolute Gasteiger partial charge is 0.0327 e. The van der Waals surface area contributed by atoms with Crippen LogP contribution in [0, 0.1) is 5.92 Å². The third-order valence-electron chi connectivity index (χ3n) is 5.59. The maximum Gasteiger partial charge on any atom is 0.0327 e. The molecule has 18 heavy (non-hydrogen) atoms. The molecule has 1 unspecified atom stereocenters. The van der Waals surface area contributed by atoms with Crippen molar-refractivity contribution >= 4 is 0 Å². The summed E-state index contributed by atoms with van der Waals surface area (Å²) in [6.45, 7) is 3.60. The van der Waals surface area contributed by atoms with E-state index in [9.17, 15) is 0 Å². The van der Waals surface area contributed by atoms with Crippen molar-refractivity contribution in [2.24, 2.45) is 5.92 Å². The molecule has 0 aromatic carbocycles. The fourth-order valence-corrected chi connectivity index (χ4v) is 3.97.